The summed E-state index contributed by atoms with van der Waals surface area (Å²) in [6.45, 7) is 2.49. The molecule has 1 aliphatic rings. The molecule has 1 heterocycles. The van der Waals surface area contributed by atoms with Crippen LogP contribution in [0.4, 0.5) is 4.79 Å². The highest BCUT2D eigenvalue weighted by atomic mass is 32.1. The molecule has 2 atom stereocenters. The Balaban J connectivity index is 2.31. The van der Waals surface area contributed by atoms with Crippen LogP contribution in [0.3, 0.4) is 0 Å². The average Bonchev–Trinajstić information content (AvgIpc) is 2.44. The molecule has 0 aromatic heterocycles. The van der Waals surface area contributed by atoms with Crippen LogP contribution in [0.2, 0.25) is 0 Å². The zero-order chi connectivity index (χ0) is 14.1. The number of nitrogens with one attached hydrogen (secondary N) is 1. The first-order valence-electron chi connectivity index (χ1n) is 6.70. The van der Waals surface area contributed by atoms with E-state index in [0.717, 1.165) is 32.5 Å². The summed E-state index contributed by atoms with van der Waals surface area (Å²) in [7, 11) is 7.27. The molecule has 108 valence electrons. The molecule has 0 unspecified atom stereocenters. The molecule has 1 amide bonds. The number of hydrogen-bond donors (Lipinski definition) is 2. The van der Waals surface area contributed by atoms with Gasteiger partial charge in [0.2, 0.25) is 0 Å². The smallest absolute Gasteiger partial charge is 0.409 e. The van der Waals surface area contributed by atoms with Crippen LogP contribution >= 0.6 is 12.6 Å². The summed E-state index contributed by atoms with van der Waals surface area (Å²) in [5.74, 6) is 1.04. The number of thiol groups is 1. The summed E-state index contributed by atoms with van der Waals surface area (Å²) >= 11 is 4.00. The molecule has 1 saturated heterocycles. The van der Waals surface area contributed by atoms with Gasteiger partial charge in [0.1, 0.15) is 6.61 Å². The third-order valence-electron chi connectivity index (χ3n) is 3.23. The average molecular weight is 286 g/mol. The van der Waals surface area contributed by atoms with Crippen LogP contribution < -0.4 is 5.23 Å². The van der Waals surface area contributed by atoms with Crippen LogP contribution in [0.1, 0.15) is 19.3 Å². The van der Waals surface area contributed by atoms with Crippen molar-refractivity contribution < 1.29 is 14.3 Å². The van der Waals surface area contributed by atoms with E-state index in [2.05, 4.69) is 17.9 Å². The molecular weight excluding hydrogens is 263 g/mol. The highest BCUT2D eigenvalue weighted by Crippen LogP contribution is 2.19. The van der Waals surface area contributed by atoms with Gasteiger partial charge in [-0.2, -0.15) is 12.6 Å². The summed E-state index contributed by atoms with van der Waals surface area (Å²) in [4.78, 5) is 13.2. The number of ether oxygens (including phenoxy) is 2. The van der Waals surface area contributed by atoms with Gasteiger partial charge in [0.15, 0.2) is 7.98 Å². The van der Waals surface area contributed by atoms with Crippen LogP contribution in [0.15, 0.2) is 0 Å². The molecule has 1 fully saturated rings. The van der Waals surface area contributed by atoms with Gasteiger partial charge in [-0.3, -0.25) is 0 Å². The van der Waals surface area contributed by atoms with Crippen LogP contribution in [-0.2, 0) is 9.47 Å². The van der Waals surface area contributed by atoms with E-state index in [1.54, 1.807) is 7.05 Å². The number of likely N-dealkylation sites (N-methyl/N-ethyl adjacent to an activating group) is 1. The third kappa shape index (κ3) is 6.54. The maximum Gasteiger partial charge on any atom is 0.409 e. The summed E-state index contributed by atoms with van der Waals surface area (Å²) in [6.07, 6.45) is 2.82. The van der Waals surface area contributed by atoms with E-state index >= 15 is 0 Å². The zero-order valence-electron chi connectivity index (χ0n) is 11.5. The lowest BCUT2D eigenvalue weighted by atomic mass is 9.93. The summed E-state index contributed by atoms with van der Waals surface area (Å²) in [5.41, 5.74) is 0. The van der Waals surface area contributed by atoms with Crippen LogP contribution in [0, 0.1) is 5.92 Å². The van der Waals surface area contributed by atoms with Crippen molar-refractivity contribution >= 4 is 26.7 Å². The quantitative estimate of drug-likeness (QED) is 0.538. The Bertz CT molecular complexity index is 265. The predicted molar refractivity (Wildman–Crippen MR) is 78.7 cm³/mol. The normalized spacial score (nSPS) is 20.8. The Morgan fingerprint density at radius 3 is 3.05 bits per heavy atom. The van der Waals surface area contributed by atoms with Crippen molar-refractivity contribution in [2.45, 2.75) is 25.3 Å². The van der Waals surface area contributed by atoms with Gasteiger partial charge in [0.25, 0.3) is 0 Å². The summed E-state index contributed by atoms with van der Waals surface area (Å²) in [6, 6.07) is 0.0558. The number of carbonyl (C=O) groups is 1. The molecule has 5 nitrogen and oxygen atoms in total. The van der Waals surface area contributed by atoms with Crippen molar-refractivity contribution in [3.63, 3.8) is 0 Å². The van der Waals surface area contributed by atoms with Crippen molar-refractivity contribution in [3.05, 3.63) is 0 Å². The van der Waals surface area contributed by atoms with E-state index in [1.165, 1.54) is 4.90 Å². The highest BCUT2D eigenvalue weighted by molar-refractivity contribution is 7.80. The summed E-state index contributed by atoms with van der Waals surface area (Å²) in [5, 5.41) is 2.77. The van der Waals surface area contributed by atoms with Crippen molar-refractivity contribution in [2.75, 3.05) is 39.2 Å². The molecule has 0 spiro atoms. The van der Waals surface area contributed by atoms with Gasteiger partial charge in [-0.05, 0) is 25.2 Å². The van der Waals surface area contributed by atoms with E-state index in [1.807, 2.05) is 0 Å². The van der Waals surface area contributed by atoms with Crippen LogP contribution in [-0.4, -0.2) is 64.2 Å². The van der Waals surface area contributed by atoms with Crippen molar-refractivity contribution in [1.82, 2.24) is 10.1 Å². The lowest BCUT2D eigenvalue weighted by Gasteiger charge is -2.29. The van der Waals surface area contributed by atoms with Crippen LogP contribution in [0.25, 0.3) is 0 Å². The maximum atomic E-state index is 11.6. The lowest BCUT2D eigenvalue weighted by molar-refractivity contribution is 0.0466. The number of amides is 1. The largest absolute Gasteiger partial charge is 0.449 e. The van der Waals surface area contributed by atoms with Gasteiger partial charge in [-0.15, -0.1) is 0 Å². The number of hydrogen-bond acceptors (Lipinski definition) is 5. The standard InChI is InChI=1S/C12H23BN2O3S/c1-15(12(16)18-5-6-19)8-11(14-13)7-10-3-2-4-17-9-10/h10-11,14,19H,2-9H2,1H3/t10-,11+/m1/s1. The molecule has 0 aromatic carbocycles. The van der Waals surface area contributed by atoms with E-state index in [9.17, 15) is 4.79 Å². The first-order chi connectivity index (χ1) is 9.17. The van der Waals surface area contributed by atoms with Crippen molar-refractivity contribution in [2.24, 2.45) is 5.92 Å². The molecule has 0 aromatic rings. The summed E-state index contributed by atoms with van der Waals surface area (Å²) < 4.78 is 10.5. The number of rotatable bonds is 7. The van der Waals surface area contributed by atoms with E-state index in [-0.39, 0.29) is 12.1 Å². The molecule has 2 radical (unpaired) electrons. The third-order valence-corrected chi connectivity index (χ3v) is 3.41. The Hall–Kier alpha value is -0.395. The molecule has 0 aliphatic carbocycles. The van der Waals surface area contributed by atoms with Crippen molar-refractivity contribution in [3.8, 4) is 0 Å². The molecule has 19 heavy (non-hydrogen) atoms. The topological polar surface area (TPSA) is 50.8 Å². The first kappa shape index (κ1) is 16.7. The maximum absolute atomic E-state index is 11.6. The molecule has 0 saturated carbocycles. The molecule has 1 aliphatic heterocycles. The van der Waals surface area contributed by atoms with Gasteiger partial charge in [0, 0.05) is 38.6 Å². The minimum atomic E-state index is -0.339. The van der Waals surface area contributed by atoms with Gasteiger partial charge in [-0.1, -0.05) is 0 Å². The van der Waals surface area contributed by atoms with E-state index in [4.69, 9.17) is 17.5 Å². The Labute approximate surface area is 122 Å². The number of nitrogens with zero attached hydrogens (tertiary/aromatic N) is 1. The fraction of sp³-hybridized carbons (Fsp3) is 0.917. The fourth-order valence-electron chi connectivity index (χ4n) is 2.24. The van der Waals surface area contributed by atoms with Crippen LogP contribution in [0.5, 0.6) is 0 Å². The monoisotopic (exact) mass is 286 g/mol. The molecule has 1 N–H and O–H groups in total. The van der Waals surface area contributed by atoms with E-state index in [0.29, 0.717) is 24.8 Å². The van der Waals surface area contributed by atoms with Gasteiger partial charge in [-0.25, -0.2) is 4.79 Å². The zero-order valence-corrected chi connectivity index (χ0v) is 12.4. The fourth-order valence-corrected chi connectivity index (χ4v) is 2.33. The van der Waals surface area contributed by atoms with Gasteiger partial charge in [0.05, 0.1) is 0 Å². The molecule has 1 rings (SSSR count). The first-order valence-corrected chi connectivity index (χ1v) is 7.33. The Kier molecular flexibility index (Phi) is 8.33. The second-order valence-corrected chi connectivity index (χ2v) is 5.35. The Morgan fingerprint density at radius 2 is 2.47 bits per heavy atom. The number of carbonyl (C=O) groups excluding carboxylic acids is 1. The predicted octanol–water partition coefficient (Wildman–Crippen LogP) is 0.843. The van der Waals surface area contributed by atoms with Gasteiger partial charge < -0.3 is 19.6 Å². The second kappa shape index (κ2) is 9.50. The minimum Gasteiger partial charge on any atom is -0.449 e. The Morgan fingerprint density at radius 1 is 1.68 bits per heavy atom. The molecule has 0 bridgehead atoms. The van der Waals surface area contributed by atoms with E-state index < -0.39 is 0 Å². The lowest BCUT2D eigenvalue weighted by Crippen LogP contribution is -2.43. The second-order valence-electron chi connectivity index (χ2n) is 4.90. The molecule has 7 heteroatoms. The SMILES string of the molecule is [B]N[C@@H](C[C@H]1CCCOC1)CN(C)C(=O)OCCS. The highest BCUT2D eigenvalue weighted by Gasteiger charge is 2.21. The van der Waals surface area contributed by atoms with Crippen molar-refractivity contribution in [1.29, 1.82) is 0 Å². The molecular formula is C12H23BN2O3S. The minimum absolute atomic E-state index is 0.0558. The van der Waals surface area contributed by atoms with Gasteiger partial charge >= 0.3 is 6.09 Å².